The summed E-state index contributed by atoms with van der Waals surface area (Å²) in [5.74, 6) is 0.620. The van der Waals surface area contributed by atoms with E-state index in [0.29, 0.717) is 16.3 Å². The first kappa shape index (κ1) is 16.3. The molecule has 0 unspecified atom stereocenters. The number of Topliss-reactive ketones (excluding diaryl/α,β-unsaturated/α-hetero) is 1. The van der Waals surface area contributed by atoms with Crippen LogP contribution in [0.25, 0.3) is 0 Å². The second kappa shape index (κ2) is 7.80. The summed E-state index contributed by atoms with van der Waals surface area (Å²) >= 11 is 5.82. The number of hydrogen-bond acceptors (Lipinski definition) is 2. The highest BCUT2D eigenvalue weighted by Gasteiger charge is 2.07. The molecule has 0 fully saturated rings. The van der Waals surface area contributed by atoms with Crippen LogP contribution >= 0.6 is 11.6 Å². The number of carbonyl (C=O) groups excluding carboxylic acids is 1. The Balaban J connectivity index is 1.56. The Hall–Kier alpha value is -2.58. The summed E-state index contributed by atoms with van der Waals surface area (Å²) in [5, 5.41) is 0.612. The molecule has 0 spiro atoms. The normalized spacial score (nSPS) is 10.4. The fourth-order valence-corrected chi connectivity index (χ4v) is 2.53. The number of ketones is 1. The molecule has 0 N–H and O–H groups in total. The van der Waals surface area contributed by atoms with Gasteiger partial charge >= 0.3 is 0 Å². The molecule has 0 saturated carbocycles. The zero-order chi connectivity index (χ0) is 16.8. The van der Waals surface area contributed by atoms with E-state index in [9.17, 15) is 4.79 Å². The third kappa shape index (κ3) is 4.46. The van der Waals surface area contributed by atoms with Crippen LogP contribution in [0.2, 0.25) is 5.02 Å². The zero-order valence-corrected chi connectivity index (χ0v) is 13.9. The molecule has 0 atom stereocenters. The van der Waals surface area contributed by atoms with Gasteiger partial charge in [0.25, 0.3) is 0 Å². The summed E-state index contributed by atoms with van der Waals surface area (Å²) in [6.45, 7) is 0.0136. The van der Waals surface area contributed by atoms with Gasteiger partial charge in [-0.15, -0.1) is 0 Å². The van der Waals surface area contributed by atoms with Gasteiger partial charge in [0, 0.05) is 10.6 Å². The van der Waals surface area contributed by atoms with E-state index in [2.05, 4.69) is 12.1 Å². The van der Waals surface area contributed by atoms with Crippen molar-refractivity contribution in [1.29, 1.82) is 0 Å². The van der Waals surface area contributed by atoms with Gasteiger partial charge in [0.2, 0.25) is 0 Å². The first-order valence-electron chi connectivity index (χ1n) is 7.75. The van der Waals surface area contributed by atoms with Crippen molar-refractivity contribution in [1.82, 2.24) is 0 Å². The van der Waals surface area contributed by atoms with Crippen molar-refractivity contribution in [2.75, 3.05) is 6.61 Å². The fraction of sp³-hybridized carbons (Fsp3) is 0.0952. The van der Waals surface area contributed by atoms with Gasteiger partial charge in [-0.05, 0) is 53.9 Å². The SMILES string of the molecule is O=C(COc1ccc(Cc2ccccc2)cc1)c1ccc(Cl)cc1. The quantitative estimate of drug-likeness (QED) is 0.579. The van der Waals surface area contributed by atoms with Gasteiger partial charge in [0.1, 0.15) is 5.75 Å². The van der Waals surface area contributed by atoms with E-state index in [4.69, 9.17) is 16.3 Å². The fourth-order valence-electron chi connectivity index (χ4n) is 2.40. The smallest absolute Gasteiger partial charge is 0.200 e. The average molecular weight is 337 g/mol. The Kier molecular flexibility index (Phi) is 5.29. The standard InChI is InChI=1S/C21H17ClO2/c22-19-10-8-18(9-11-19)21(23)15-24-20-12-6-17(7-13-20)14-16-4-2-1-3-5-16/h1-13H,14-15H2. The van der Waals surface area contributed by atoms with Crippen LogP contribution in [0.5, 0.6) is 5.75 Å². The molecule has 0 saturated heterocycles. The minimum Gasteiger partial charge on any atom is -0.485 e. The molecule has 0 aromatic heterocycles. The summed E-state index contributed by atoms with van der Waals surface area (Å²) in [4.78, 5) is 12.1. The molecule has 0 radical (unpaired) electrons. The van der Waals surface area contributed by atoms with E-state index in [-0.39, 0.29) is 12.4 Å². The minimum atomic E-state index is -0.0694. The summed E-state index contributed by atoms with van der Waals surface area (Å²) < 4.78 is 5.58. The average Bonchev–Trinajstić information content (AvgIpc) is 2.62. The third-order valence-corrected chi connectivity index (χ3v) is 3.96. The molecule has 0 aliphatic heterocycles. The zero-order valence-electron chi connectivity index (χ0n) is 13.1. The molecule has 0 aliphatic carbocycles. The Labute approximate surface area is 146 Å². The Bertz CT molecular complexity index is 794. The van der Waals surface area contributed by atoms with Gasteiger partial charge in [0.05, 0.1) is 0 Å². The molecule has 3 rings (SSSR count). The van der Waals surface area contributed by atoms with Crippen molar-refractivity contribution < 1.29 is 9.53 Å². The maximum Gasteiger partial charge on any atom is 0.200 e. The van der Waals surface area contributed by atoms with Crippen molar-refractivity contribution in [2.45, 2.75) is 6.42 Å². The van der Waals surface area contributed by atoms with Gasteiger partial charge in [0.15, 0.2) is 12.4 Å². The van der Waals surface area contributed by atoms with Gasteiger partial charge in [-0.25, -0.2) is 0 Å². The summed E-state index contributed by atoms with van der Waals surface area (Å²) in [6, 6.07) is 25.0. The highest BCUT2D eigenvalue weighted by Crippen LogP contribution is 2.16. The van der Waals surface area contributed by atoms with Crippen LogP contribution in [0.4, 0.5) is 0 Å². The van der Waals surface area contributed by atoms with E-state index in [1.54, 1.807) is 24.3 Å². The lowest BCUT2D eigenvalue weighted by atomic mass is 10.1. The highest BCUT2D eigenvalue weighted by molar-refractivity contribution is 6.30. The summed E-state index contributed by atoms with van der Waals surface area (Å²) in [5.41, 5.74) is 3.07. The topological polar surface area (TPSA) is 26.3 Å². The third-order valence-electron chi connectivity index (χ3n) is 3.71. The second-order valence-corrected chi connectivity index (χ2v) is 5.96. The van der Waals surface area contributed by atoms with E-state index in [0.717, 1.165) is 6.42 Å². The lowest BCUT2D eigenvalue weighted by molar-refractivity contribution is 0.0921. The van der Waals surface area contributed by atoms with Crippen LogP contribution in [-0.2, 0) is 6.42 Å². The maximum atomic E-state index is 12.1. The van der Waals surface area contributed by atoms with Crippen molar-refractivity contribution in [3.8, 4) is 5.75 Å². The largest absolute Gasteiger partial charge is 0.485 e. The van der Waals surface area contributed by atoms with E-state index >= 15 is 0 Å². The van der Waals surface area contributed by atoms with Crippen LogP contribution in [0.1, 0.15) is 21.5 Å². The van der Waals surface area contributed by atoms with E-state index in [1.165, 1.54) is 11.1 Å². The summed E-state index contributed by atoms with van der Waals surface area (Å²) in [6.07, 6.45) is 0.880. The molecule has 3 heteroatoms. The summed E-state index contributed by atoms with van der Waals surface area (Å²) in [7, 11) is 0. The first-order valence-corrected chi connectivity index (χ1v) is 8.13. The number of ether oxygens (including phenoxy) is 1. The van der Waals surface area contributed by atoms with Gasteiger partial charge in [-0.1, -0.05) is 54.1 Å². The highest BCUT2D eigenvalue weighted by atomic mass is 35.5. The van der Waals surface area contributed by atoms with Crippen LogP contribution in [0.15, 0.2) is 78.9 Å². The van der Waals surface area contributed by atoms with Gasteiger partial charge < -0.3 is 4.74 Å². The maximum absolute atomic E-state index is 12.1. The molecule has 2 nitrogen and oxygen atoms in total. The number of carbonyl (C=O) groups is 1. The van der Waals surface area contributed by atoms with Gasteiger partial charge in [-0.2, -0.15) is 0 Å². The first-order chi connectivity index (χ1) is 11.7. The monoisotopic (exact) mass is 336 g/mol. The molecule has 0 aliphatic rings. The lowest BCUT2D eigenvalue weighted by Crippen LogP contribution is -2.11. The molecular weight excluding hydrogens is 320 g/mol. The predicted octanol–water partition coefficient (Wildman–Crippen LogP) is 5.19. The van der Waals surface area contributed by atoms with E-state index in [1.807, 2.05) is 42.5 Å². The number of benzene rings is 3. The molecule has 0 bridgehead atoms. The van der Waals surface area contributed by atoms with Crippen molar-refractivity contribution in [2.24, 2.45) is 0 Å². The number of halogens is 1. The van der Waals surface area contributed by atoms with Crippen molar-refractivity contribution in [3.05, 3.63) is 101 Å². The van der Waals surface area contributed by atoms with Crippen molar-refractivity contribution >= 4 is 17.4 Å². The predicted molar refractivity (Wildman–Crippen MR) is 97.0 cm³/mol. The minimum absolute atomic E-state index is 0.0136. The van der Waals surface area contributed by atoms with Crippen LogP contribution in [0.3, 0.4) is 0 Å². The Morgan fingerprint density at radius 2 is 1.42 bits per heavy atom. The number of hydrogen-bond donors (Lipinski definition) is 0. The molecular formula is C21H17ClO2. The molecule has 0 heterocycles. The molecule has 0 amide bonds. The molecule has 24 heavy (non-hydrogen) atoms. The molecule has 120 valence electrons. The Morgan fingerprint density at radius 1 is 0.792 bits per heavy atom. The lowest BCUT2D eigenvalue weighted by Gasteiger charge is -2.07. The van der Waals surface area contributed by atoms with Gasteiger partial charge in [-0.3, -0.25) is 4.79 Å². The molecule has 3 aromatic carbocycles. The van der Waals surface area contributed by atoms with Crippen molar-refractivity contribution in [3.63, 3.8) is 0 Å². The van der Waals surface area contributed by atoms with Crippen LogP contribution in [0, 0.1) is 0 Å². The van der Waals surface area contributed by atoms with Crippen LogP contribution < -0.4 is 4.74 Å². The number of rotatable bonds is 6. The van der Waals surface area contributed by atoms with Crippen LogP contribution in [-0.4, -0.2) is 12.4 Å². The molecule has 3 aromatic rings. The second-order valence-electron chi connectivity index (χ2n) is 5.53. The van der Waals surface area contributed by atoms with E-state index < -0.39 is 0 Å². The Morgan fingerprint density at radius 3 is 2.08 bits per heavy atom.